The number of piperidine rings is 2. The SMILES string of the molecule is CNC(=O)COc1cc2cc(Nc3nc(N4CCCN(CC5CCN(c6cccc7c(C8CCC(=O)NC8=O)nn(C)c67)CC5)CC4)ncc3Cl)cnc2n(C)c1=O. The molecule has 0 aliphatic carbocycles. The highest BCUT2D eigenvalue weighted by molar-refractivity contribution is 6.33. The van der Waals surface area contributed by atoms with E-state index in [1.807, 2.05) is 29.9 Å². The number of rotatable bonds is 10. The summed E-state index contributed by atoms with van der Waals surface area (Å²) >= 11 is 6.58. The first kappa shape index (κ1) is 39.0. The fraction of sp³-hybridized carbons (Fsp3) is 0.450. The van der Waals surface area contributed by atoms with Crippen LogP contribution in [0.1, 0.15) is 43.7 Å². The molecule has 3 aliphatic rings. The average Bonchev–Trinajstić information content (AvgIpc) is 3.38. The Kier molecular flexibility index (Phi) is 11.2. The summed E-state index contributed by atoms with van der Waals surface area (Å²) in [5.41, 5.74) is 3.57. The molecule has 8 rings (SSSR count). The standard InChI is InChI=1S/C40H47ClN12O5/c1-42-33(55)23-58-31-19-25-18-26(20-43-37(25)49(2)39(31)57)45-36-29(41)21-44-40(47-36)53-13-5-12-51(16-17-53)22-24-10-14-52(15-11-24)30-7-4-6-27-34(48-50(3)35(27)30)28-8-9-32(54)46-38(28)56/h4,6-7,18-21,24,28H,5,8-17,22-23H2,1-3H3,(H,42,55)(H,44,45,47)(H,46,54,56). The number of amides is 3. The van der Waals surface area contributed by atoms with Crippen LogP contribution in [-0.4, -0.2) is 111 Å². The average molecular weight is 811 g/mol. The van der Waals surface area contributed by atoms with Gasteiger partial charge in [-0.3, -0.25) is 33.7 Å². The number of fused-ring (bicyclic) bond motifs is 2. The van der Waals surface area contributed by atoms with Crippen molar-refractivity contribution in [3.8, 4) is 5.75 Å². The molecule has 18 heteroatoms. The number of carbonyl (C=O) groups is 3. The number of para-hydroxylation sites is 1. The van der Waals surface area contributed by atoms with Crippen LogP contribution in [0, 0.1) is 5.92 Å². The highest BCUT2D eigenvalue weighted by Gasteiger charge is 2.33. The number of likely N-dealkylation sites (N-methyl/N-ethyl adjacent to an activating group) is 1. The Morgan fingerprint density at radius 1 is 0.983 bits per heavy atom. The van der Waals surface area contributed by atoms with Crippen LogP contribution in [0.3, 0.4) is 0 Å². The molecule has 3 saturated heterocycles. The van der Waals surface area contributed by atoms with E-state index in [0.29, 0.717) is 52.3 Å². The van der Waals surface area contributed by atoms with Gasteiger partial charge in [-0.05, 0) is 56.3 Å². The number of hydrogen-bond acceptors (Lipinski definition) is 13. The van der Waals surface area contributed by atoms with Gasteiger partial charge in [0.15, 0.2) is 18.2 Å². The van der Waals surface area contributed by atoms with Crippen LogP contribution in [0.5, 0.6) is 5.75 Å². The molecule has 1 unspecified atom stereocenters. The van der Waals surface area contributed by atoms with E-state index in [2.05, 4.69) is 46.7 Å². The molecule has 0 spiro atoms. The van der Waals surface area contributed by atoms with Crippen molar-refractivity contribution >= 4 is 74.4 Å². The molecule has 7 heterocycles. The van der Waals surface area contributed by atoms with Crippen LogP contribution >= 0.6 is 11.6 Å². The number of pyridine rings is 2. The summed E-state index contributed by atoms with van der Waals surface area (Å²) in [6.07, 6.45) is 7.14. The lowest BCUT2D eigenvalue weighted by molar-refractivity contribution is -0.134. The third-order valence-electron chi connectivity index (χ3n) is 11.4. The second kappa shape index (κ2) is 16.6. The van der Waals surface area contributed by atoms with Gasteiger partial charge in [-0.1, -0.05) is 23.7 Å². The van der Waals surface area contributed by atoms with Gasteiger partial charge in [-0.15, -0.1) is 0 Å². The second-order valence-corrected chi connectivity index (χ2v) is 15.6. The van der Waals surface area contributed by atoms with E-state index in [0.717, 1.165) is 87.4 Å². The van der Waals surface area contributed by atoms with Gasteiger partial charge >= 0.3 is 0 Å². The molecule has 3 N–H and O–H groups in total. The molecule has 0 bridgehead atoms. The predicted octanol–water partition coefficient (Wildman–Crippen LogP) is 3.08. The molecule has 1 atom stereocenters. The van der Waals surface area contributed by atoms with Gasteiger partial charge in [0.25, 0.3) is 11.5 Å². The van der Waals surface area contributed by atoms with Crippen LogP contribution < -0.4 is 36.0 Å². The van der Waals surface area contributed by atoms with E-state index >= 15 is 0 Å². The summed E-state index contributed by atoms with van der Waals surface area (Å²) in [6.45, 7) is 6.11. The number of hydrogen-bond donors (Lipinski definition) is 3. The molecule has 3 fully saturated rings. The van der Waals surface area contributed by atoms with Gasteiger partial charge in [0.2, 0.25) is 17.8 Å². The maximum absolute atomic E-state index is 12.8. The van der Waals surface area contributed by atoms with Crippen LogP contribution in [0.25, 0.3) is 21.9 Å². The molecule has 5 aromatic rings. The second-order valence-electron chi connectivity index (χ2n) is 15.2. The van der Waals surface area contributed by atoms with E-state index in [-0.39, 0.29) is 30.1 Å². The number of carbonyl (C=O) groups excluding carboxylic acids is 3. The molecule has 3 aliphatic heterocycles. The number of nitrogens with one attached hydrogen (secondary N) is 3. The third kappa shape index (κ3) is 8.00. The van der Waals surface area contributed by atoms with E-state index in [1.165, 1.54) is 11.6 Å². The Morgan fingerprint density at radius 3 is 2.60 bits per heavy atom. The zero-order valence-corrected chi connectivity index (χ0v) is 33.6. The van der Waals surface area contributed by atoms with E-state index in [4.69, 9.17) is 26.4 Å². The van der Waals surface area contributed by atoms with Crippen LogP contribution in [0.4, 0.5) is 23.1 Å². The largest absolute Gasteiger partial charge is 0.478 e. The zero-order chi connectivity index (χ0) is 40.5. The monoisotopic (exact) mass is 810 g/mol. The summed E-state index contributed by atoms with van der Waals surface area (Å²) in [4.78, 5) is 70.1. The van der Waals surface area contributed by atoms with E-state index < -0.39 is 11.5 Å². The third-order valence-corrected chi connectivity index (χ3v) is 11.7. The maximum atomic E-state index is 12.8. The number of aryl methyl sites for hydroxylation is 2. The summed E-state index contributed by atoms with van der Waals surface area (Å²) < 4.78 is 8.76. The van der Waals surface area contributed by atoms with Gasteiger partial charge in [0.1, 0.15) is 10.7 Å². The molecule has 304 valence electrons. The number of nitrogens with zero attached hydrogens (tertiary/aromatic N) is 9. The lowest BCUT2D eigenvalue weighted by Gasteiger charge is -2.36. The molecule has 0 radical (unpaired) electrons. The van der Waals surface area contributed by atoms with Crippen molar-refractivity contribution in [1.82, 2.24) is 44.8 Å². The molecule has 17 nitrogen and oxygen atoms in total. The smallest absolute Gasteiger partial charge is 0.294 e. The minimum absolute atomic E-state index is 0.0441. The lowest BCUT2D eigenvalue weighted by atomic mass is 9.92. The fourth-order valence-corrected chi connectivity index (χ4v) is 8.47. The number of ether oxygens (including phenoxy) is 1. The number of anilines is 4. The Labute approximate surface area is 339 Å². The Hall–Kier alpha value is -5.81. The summed E-state index contributed by atoms with van der Waals surface area (Å²) in [7, 11) is 5.04. The maximum Gasteiger partial charge on any atom is 0.294 e. The Morgan fingerprint density at radius 2 is 1.81 bits per heavy atom. The van der Waals surface area contributed by atoms with Gasteiger partial charge in [-0.25, -0.2) is 9.97 Å². The molecule has 4 aromatic heterocycles. The van der Waals surface area contributed by atoms with Crippen molar-refractivity contribution in [2.45, 2.75) is 38.0 Å². The predicted molar refractivity (Wildman–Crippen MR) is 221 cm³/mol. The zero-order valence-electron chi connectivity index (χ0n) is 32.8. The minimum atomic E-state index is -0.427. The van der Waals surface area contributed by atoms with Crippen LogP contribution in [0.2, 0.25) is 5.02 Å². The summed E-state index contributed by atoms with van der Waals surface area (Å²) in [6, 6.07) is 9.62. The number of benzene rings is 1. The Balaban J connectivity index is 0.881. The number of aromatic nitrogens is 6. The van der Waals surface area contributed by atoms with Crippen molar-refractivity contribution in [2.24, 2.45) is 20.0 Å². The summed E-state index contributed by atoms with van der Waals surface area (Å²) in [5.74, 6) is 0.387. The van der Waals surface area contributed by atoms with Crippen LogP contribution in [-0.2, 0) is 28.5 Å². The van der Waals surface area contributed by atoms with Gasteiger partial charge in [-0.2, -0.15) is 10.1 Å². The quantitative estimate of drug-likeness (QED) is 0.175. The topological polar surface area (TPSA) is 185 Å². The van der Waals surface area contributed by atoms with Gasteiger partial charge in [0.05, 0.1) is 40.9 Å². The summed E-state index contributed by atoms with van der Waals surface area (Å²) in [5, 5.41) is 15.0. The minimum Gasteiger partial charge on any atom is -0.478 e. The molecule has 0 saturated carbocycles. The fourth-order valence-electron chi connectivity index (χ4n) is 8.33. The molecular weight excluding hydrogens is 764 g/mol. The first-order chi connectivity index (χ1) is 28.1. The Bertz CT molecular complexity index is 2440. The molecule has 1 aromatic carbocycles. The molecular formula is C40H47ClN12O5. The van der Waals surface area contributed by atoms with Gasteiger partial charge in [0, 0.05) is 77.6 Å². The van der Waals surface area contributed by atoms with Gasteiger partial charge < -0.3 is 30.1 Å². The number of imide groups is 1. The van der Waals surface area contributed by atoms with Crippen molar-refractivity contribution in [3.05, 3.63) is 63.8 Å². The van der Waals surface area contributed by atoms with Crippen LogP contribution in [0.15, 0.2) is 47.5 Å². The first-order valence-electron chi connectivity index (χ1n) is 19.7. The first-order valence-corrected chi connectivity index (χ1v) is 20.1. The molecule has 3 amide bonds. The highest BCUT2D eigenvalue weighted by atomic mass is 35.5. The van der Waals surface area contributed by atoms with E-state index in [1.54, 1.807) is 25.5 Å². The van der Waals surface area contributed by atoms with Crippen molar-refractivity contribution in [3.63, 3.8) is 0 Å². The lowest BCUT2D eigenvalue weighted by Crippen LogP contribution is -2.40. The highest BCUT2D eigenvalue weighted by Crippen LogP contribution is 2.36. The number of halogens is 1. The van der Waals surface area contributed by atoms with Crippen molar-refractivity contribution < 1.29 is 19.1 Å². The van der Waals surface area contributed by atoms with E-state index in [9.17, 15) is 19.2 Å². The normalized spacial score (nSPS) is 18.4. The van der Waals surface area contributed by atoms with Crippen molar-refractivity contribution in [1.29, 1.82) is 0 Å². The molecule has 58 heavy (non-hydrogen) atoms. The van der Waals surface area contributed by atoms with Crippen molar-refractivity contribution in [2.75, 3.05) is 74.6 Å².